The van der Waals surface area contributed by atoms with Crippen LogP contribution in [0.4, 0.5) is 10.1 Å². The highest BCUT2D eigenvalue weighted by Gasteiger charge is 2.18. The molecule has 0 aliphatic carbocycles. The summed E-state index contributed by atoms with van der Waals surface area (Å²) in [7, 11) is 0. The lowest BCUT2D eigenvalue weighted by Crippen LogP contribution is -2.19. The normalized spacial score (nSPS) is 18.0. The lowest BCUT2D eigenvalue weighted by Gasteiger charge is -2.13. The third-order valence-electron chi connectivity index (χ3n) is 2.07. The molecule has 80 valence electrons. The number of cyclic esters (lactones) is 1. The van der Waals surface area contributed by atoms with Gasteiger partial charge in [0.2, 0.25) is 0 Å². The number of nitriles is 1. The number of carbonyl (C=O) groups is 1. The first-order valence-electron chi connectivity index (χ1n) is 4.54. The molecule has 0 aromatic heterocycles. The van der Waals surface area contributed by atoms with Crippen molar-refractivity contribution in [3.05, 3.63) is 41.7 Å². The zero-order valence-electron chi connectivity index (χ0n) is 8.11. The van der Waals surface area contributed by atoms with Crippen LogP contribution in [0.2, 0.25) is 0 Å². The maximum absolute atomic E-state index is 13.2. The standard InChI is InChI=1S/C11H7FN2O2/c12-8-2-1-3-9(7(8)6-13)14-10-4-5-11(15)16-10/h1-5,10,14H. The van der Waals surface area contributed by atoms with Gasteiger partial charge in [-0.3, -0.25) is 0 Å². The van der Waals surface area contributed by atoms with E-state index in [-0.39, 0.29) is 5.56 Å². The van der Waals surface area contributed by atoms with Crippen LogP contribution in [0.5, 0.6) is 0 Å². The van der Waals surface area contributed by atoms with Gasteiger partial charge in [-0.05, 0) is 18.2 Å². The Balaban J connectivity index is 2.22. The minimum atomic E-state index is -0.651. The number of carbonyl (C=O) groups excluding carboxylic acids is 1. The number of esters is 1. The SMILES string of the molecule is N#Cc1c(F)cccc1NC1C=CC(=O)O1. The van der Waals surface area contributed by atoms with Crippen molar-refractivity contribution in [3.63, 3.8) is 0 Å². The van der Waals surface area contributed by atoms with Crippen molar-refractivity contribution in [2.24, 2.45) is 0 Å². The van der Waals surface area contributed by atoms with Crippen LogP contribution >= 0.6 is 0 Å². The minimum Gasteiger partial charge on any atom is -0.435 e. The predicted octanol–water partition coefficient (Wildman–Crippen LogP) is 1.55. The molecule has 4 nitrogen and oxygen atoms in total. The molecule has 1 aromatic rings. The zero-order valence-corrected chi connectivity index (χ0v) is 8.11. The summed E-state index contributed by atoms with van der Waals surface area (Å²) in [5, 5.41) is 11.5. The lowest BCUT2D eigenvalue weighted by molar-refractivity contribution is -0.137. The van der Waals surface area contributed by atoms with Gasteiger partial charge in [0, 0.05) is 6.08 Å². The smallest absolute Gasteiger partial charge is 0.332 e. The second-order valence-corrected chi connectivity index (χ2v) is 3.14. The Morgan fingerprint density at radius 2 is 2.31 bits per heavy atom. The van der Waals surface area contributed by atoms with E-state index in [4.69, 9.17) is 10.00 Å². The van der Waals surface area contributed by atoms with Crippen molar-refractivity contribution >= 4 is 11.7 Å². The fraction of sp³-hybridized carbons (Fsp3) is 0.0909. The molecule has 0 bridgehead atoms. The highest BCUT2D eigenvalue weighted by Crippen LogP contribution is 2.20. The van der Waals surface area contributed by atoms with Crippen LogP contribution in [0.25, 0.3) is 0 Å². The number of hydrogen-bond donors (Lipinski definition) is 1. The molecular weight excluding hydrogens is 211 g/mol. The molecule has 1 atom stereocenters. The Bertz CT molecular complexity index is 505. The molecule has 0 spiro atoms. The van der Waals surface area contributed by atoms with Gasteiger partial charge < -0.3 is 10.1 Å². The molecule has 5 heteroatoms. The van der Waals surface area contributed by atoms with Gasteiger partial charge in [0.05, 0.1) is 5.69 Å². The van der Waals surface area contributed by atoms with Gasteiger partial charge in [-0.25, -0.2) is 9.18 Å². The number of ether oxygens (including phenoxy) is 1. The summed E-state index contributed by atoms with van der Waals surface area (Å²) >= 11 is 0. The summed E-state index contributed by atoms with van der Waals surface area (Å²) in [5.74, 6) is -1.08. The molecule has 1 aromatic carbocycles. The lowest BCUT2D eigenvalue weighted by atomic mass is 10.2. The van der Waals surface area contributed by atoms with Crippen LogP contribution < -0.4 is 5.32 Å². The summed E-state index contributed by atoms with van der Waals surface area (Å²) in [4.78, 5) is 10.8. The van der Waals surface area contributed by atoms with Crippen molar-refractivity contribution in [3.8, 4) is 6.07 Å². The first-order chi connectivity index (χ1) is 7.70. The third kappa shape index (κ3) is 1.86. The molecular formula is C11H7FN2O2. The van der Waals surface area contributed by atoms with Crippen LogP contribution in [-0.2, 0) is 9.53 Å². The average Bonchev–Trinajstić information content (AvgIpc) is 2.64. The number of nitrogens with zero attached hydrogens (tertiary/aromatic N) is 1. The first-order valence-corrected chi connectivity index (χ1v) is 4.54. The van der Waals surface area contributed by atoms with E-state index in [0.29, 0.717) is 5.69 Å². The number of hydrogen-bond acceptors (Lipinski definition) is 4. The van der Waals surface area contributed by atoms with Crippen molar-refractivity contribution in [2.45, 2.75) is 6.23 Å². The maximum atomic E-state index is 13.2. The van der Waals surface area contributed by atoms with Gasteiger partial charge in [0.1, 0.15) is 17.4 Å². The monoisotopic (exact) mass is 218 g/mol. The molecule has 1 unspecified atom stereocenters. The number of benzene rings is 1. The molecule has 0 saturated carbocycles. The van der Waals surface area contributed by atoms with E-state index in [9.17, 15) is 9.18 Å². The van der Waals surface area contributed by atoms with Crippen LogP contribution in [0, 0.1) is 17.1 Å². The second kappa shape index (κ2) is 4.03. The first kappa shape index (κ1) is 10.2. The molecule has 0 radical (unpaired) electrons. The fourth-order valence-corrected chi connectivity index (χ4v) is 1.36. The molecule has 0 fully saturated rings. The second-order valence-electron chi connectivity index (χ2n) is 3.14. The molecule has 16 heavy (non-hydrogen) atoms. The van der Waals surface area contributed by atoms with Gasteiger partial charge in [-0.15, -0.1) is 0 Å². The Hall–Kier alpha value is -2.35. The van der Waals surface area contributed by atoms with E-state index in [1.54, 1.807) is 12.1 Å². The van der Waals surface area contributed by atoms with Crippen LogP contribution in [0.15, 0.2) is 30.4 Å². The maximum Gasteiger partial charge on any atom is 0.332 e. The van der Waals surface area contributed by atoms with Gasteiger partial charge in [-0.1, -0.05) is 6.07 Å². The predicted molar refractivity (Wildman–Crippen MR) is 53.8 cm³/mol. The van der Waals surface area contributed by atoms with Crippen molar-refractivity contribution in [1.82, 2.24) is 0 Å². The Labute approximate surface area is 90.9 Å². The summed E-state index contributed by atoms with van der Waals surface area (Å²) < 4.78 is 18.0. The van der Waals surface area contributed by atoms with E-state index >= 15 is 0 Å². The van der Waals surface area contributed by atoms with Crippen molar-refractivity contribution < 1.29 is 13.9 Å². The van der Waals surface area contributed by atoms with E-state index in [1.807, 2.05) is 0 Å². The van der Waals surface area contributed by atoms with Gasteiger partial charge >= 0.3 is 5.97 Å². The van der Waals surface area contributed by atoms with E-state index in [0.717, 1.165) is 0 Å². The number of halogens is 1. The van der Waals surface area contributed by atoms with E-state index in [2.05, 4.69) is 5.32 Å². The van der Waals surface area contributed by atoms with E-state index in [1.165, 1.54) is 24.3 Å². The minimum absolute atomic E-state index is 0.0983. The topological polar surface area (TPSA) is 62.1 Å². The molecule has 1 aliphatic heterocycles. The molecule has 1 heterocycles. The molecule has 1 N–H and O–H groups in total. The summed E-state index contributed by atoms with van der Waals surface area (Å²) in [6, 6.07) is 5.96. The summed E-state index contributed by atoms with van der Waals surface area (Å²) in [5.41, 5.74) is 0.200. The Morgan fingerprint density at radius 3 is 2.94 bits per heavy atom. The van der Waals surface area contributed by atoms with Crippen LogP contribution in [0.1, 0.15) is 5.56 Å². The highest BCUT2D eigenvalue weighted by molar-refractivity contribution is 5.84. The largest absolute Gasteiger partial charge is 0.435 e. The van der Waals surface area contributed by atoms with Gasteiger partial charge in [0.15, 0.2) is 6.23 Å². The fourth-order valence-electron chi connectivity index (χ4n) is 1.36. The summed E-state index contributed by atoms with van der Waals surface area (Å²) in [6.07, 6.45) is 2.11. The van der Waals surface area contributed by atoms with Crippen LogP contribution in [-0.4, -0.2) is 12.2 Å². The molecule has 0 amide bonds. The van der Waals surface area contributed by atoms with E-state index < -0.39 is 18.0 Å². The Kier molecular flexibility index (Phi) is 2.56. The summed E-state index contributed by atoms with van der Waals surface area (Å²) in [6.45, 7) is 0. The molecule has 1 aliphatic rings. The van der Waals surface area contributed by atoms with Crippen molar-refractivity contribution in [1.29, 1.82) is 5.26 Å². The quantitative estimate of drug-likeness (QED) is 0.765. The zero-order chi connectivity index (χ0) is 11.5. The number of anilines is 1. The van der Waals surface area contributed by atoms with Gasteiger partial charge in [-0.2, -0.15) is 5.26 Å². The van der Waals surface area contributed by atoms with Gasteiger partial charge in [0.25, 0.3) is 0 Å². The molecule has 2 rings (SSSR count). The number of nitrogens with one attached hydrogen (secondary N) is 1. The average molecular weight is 218 g/mol. The van der Waals surface area contributed by atoms with Crippen LogP contribution in [0.3, 0.4) is 0 Å². The van der Waals surface area contributed by atoms with Crippen molar-refractivity contribution in [2.75, 3.05) is 5.32 Å². The number of rotatable bonds is 2. The Morgan fingerprint density at radius 1 is 1.50 bits per heavy atom. The highest BCUT2D eigenvalue weighted by atomic mass is 19.1. The molecule has 0 saturated heterocycles. The third-order valence-corrected chi connectivity index (χ3v) is 2.07.